The van der Waals surface area contributed by atoms with Crippen molar-refractivity contribution in [1.29, 1.82) is 0 Å². The van der Waals surface area contributed by atoms with Crippen LogP contribution in [-0.2, 0) is 16.1 Å². The van der Waals surface area contributed by atoms with E-state index in [1.54, 1.807) is 44.5 Å². The smallest absolute Gasteiger partial charge is 0.262 e. The van der Waals surface area contributed by atoms with Crippen LogP contribution in [0.4, 0.5) is 0 Å². The molecule has 0 saturated carbocycles. The number of benzene rings is 2. The molecular formula is C23H29N4O4+. The minimum Gasteiger partial charge on any atom is -0.496 e. The molecule has 1 heterocycles. The number of hydrazone groups is 1. The number of morpholine rings is 1. The Kier molecular flexibility index (Phi) is 8.14. The predicted molar refractivity (Wildman–Crippen MR) is 117 cm³/mol. The summed E-state index contributed by atoms with van der Waals surface area (Å²) < 4.78 is 10.9. The zero-order valence-electron chi connectivity index (χ0n) is 17.9. The molecule has 3 rings (SSSR count). The minimum absolute atomic E-state index is 0.308. The first-order valence-electron chi connectivity index (χ1n) is 10.3. The first kappa shape index (κ1) is 22.5. The standard InChI is InChI=1S/C23H28N4O4/c1-17(25-23(29)19-6-4-3-5-7-19)22(28)26-24-15-18-8-9-21(30-2)20(14-18)16-27-10-12-31-13-11-27/h3-9,14-15,17H,10-13,16H2,1-2H3,(H,25,29)(H,26,28)/p+1/b24-15-/t17-/m1/s1. The van der Waals surface area contributed by atoms with E-state index in [0.29, 0.717) is 5.56 Å². The van der Waals surface area contributed by atoms with Crippen molar-refractivity contribution in [2.75, 3.05) is 33.4 Å². The Morgan fingerprint density at radius 1 is 1.19 bits per heavy atom. The average molecular weight is 426 g/mol. The molecule has 1 atom stereocenters. The van der Waals surface area contributed by atoms with Crippen molar-refractivity contribution in [3.05, 3.63) is 65.2 Å². The molecule has 0 bridgehead atoms. The Balaban J connectivity index is 1.56. The summed E-state index contributed by atoms with van der Waals surface area (Å²) in [7, 11) is 1.66. The topological polar surface area (TPSA) is 93.5 Å². The number of carbonyl (C=O) groups excluding carboxylic acids is 2. The van der Waals surface area contributed by atoms with Crippen LogP contribution in [0.1, 0.15) is 28.4 Å². The van der Waals surface area contributed by atoms with Crippen LogP contribution in [0.25, 0.3) is 0 Å². The van der Waals surface area contributed by atoms with E-state index in [0.717, 1.165) is 49.7 Å². The van der Waals surface area contributed by atoms with E-state index in [1.165, 1.54) is 4.90 Å². The lowest BCUT2D eigenvalue weighted by Crippen LogP contribution is -3.12. The van der Waals surface area contributed by atoms with Crippen LogP contribution in [0.3, 0.4) is 0 Å². The Labute approximate surface area is 182 Å². The highest BCUT2D eigenvalue weighted by Gasteiger charge is 2.17. The SMILES string of the molecule is COc1ccc(/C=N\NC(=O)[C@@H](C)NC(=O)c2ccccc2)cc1C[NH+]1CCOCC1. The van der Waals surface area contributed by atoms with Gasteiger partial charge in [-0.25, -0.2) is 5.43 Å². The zero-order chi connectivity index (χ0) is 22.1. The molecule has 8 nitrogen and oxygen atoms in total. The minimum atomic E-state index is -0.721. The van der Waals surface area contributed by atoms with E-state index in [2.05, 4.69) is 15.8 Å². The number of nitrogens with one attached hydrogen (secondary N) is 3. The van der Waals surface area contributed by atoms with E-state index >= 15 is 0 Å². The molecule has 2 aromatic carbocycles. The van der Waals surface area contributed by atoms with Crippen molar-refractivity contribution in [2.45, 2.75) is 19.5 Å². The molecule has 1 aliphatic rings. The van der Waals surface area contributed by atoms with Gasteiger partial charge in [-0.3, -0.25) is 9.59 Å². The van der Waals surface area contributed by atoms with Crippen molar-refractivity contribution in [3.8, 4) is 5.75 Å². The van der Waals surface area contributed by atoms with Gasteiger partial charge in [0.2, 0.25) is 0 Å². The molecule has 8 heteroatoms. The third-order valence-electron chi connectivity index (χ3n) is 5.11. The molecule has 2 aromatic rings. The van der Waals surface area contributed by atoms with E-state index in [4.69, 9.17) is 9.47 Å². The molecule has 2 amide bonds. The second kappa shape index (κ2) is 11.2. The maximum Gasteiger partial charge on any atom is 0.262 e. The fraction of sp³-hybridized carbons (Fsp3) is 0.348. The average Bonchev–Trinajstić information content (AvgIpc) is 2.80. The van der Waals surface area contributed by atoms with Gasteiger partial charge in [0.25, 0.3) is 11.8 Å². The summed E-state index contributed by atoms with van der Waals surface area (Å²) in [6.45, 7) is 5.91. The van der Waals surface area contributed by atoms with Gasteiger partial charge in [0, 0.05) is 11.1 Å². The summed E-state index contributed by atoms with van der Waals surface area (Å²) in [5, 5.41) is 6.70. The van der Waals surface area contributed by atoms with Crippen molar-refractivity contribution in [3.63, 3.8) is 0 Å². The van der Waals surface area contributed by atoms with Crippen LogP contribution < -0.4 is 20.4 Å². The van der Waals surface area contributed by atoms with E-state index in [1.807, 2.05) is 24.3 Å². The van der Waals surface area contributed by atoms with Crippen LogP contribution in [0, 0.1) is 0 Å². The first-order valence-corrected chi connectivity index (χ1v) is 10.3. The number of ether oxygens (including phenoxy) is 2. The Bertz CT molecular complexity index is 911. The van der Waals surface area contributed by atoms with Gasteiger partial charge >= 0.3 is 0 Å². The highest BCUT2D eigenvalue weighted by molar-refractivity contribution is 5.97. The summed E-state index contributed by atoms with van der Waals surface area (Å²) >= 11 is 0. The summed E-state index contributed by atoms with van der Waals surface area (Å²) in [5.74, 6) is 0.127. The van der Waals surface area contributed by atoms with Crippen LogP contribution in [0.15, 0.2) is 53.6 Å². The molecule has 0 aromatic heterocycles. The fourth-order valence-electron chi connectivity index (χ4n) is 3.33. The molecule has 0 spiro atoms. The van der Waals surface area contributed by atoms with E-state index in [9.17, 15) is 9.59 Å². The normalized spacial score (nSPS) is 15.4. The Hall–Kier alpha value is -3.23. The largest absolute Gasteiger partial charge is 0.496 e. The second-order valence-corrected chi connectivity index (χ2v) is 7.41. The molecular weight excluding hydrogens is 396 g/mol. The van der Waals surface area contributed by atoms with Gasteiger partial charge < -0.3 is 19.7 Å². The van der Waals surface area contributed by atoms with Crippen molar-refractivity contribution < 1.29 is 24.0 Å². The van der Waals surface area contributed by atoms with Crippen molar-refractivity contribution in [2.24, 2.45) is 5.10 Å². The molecule has 0 radical (unpaired) electrons. The maximum atomic E-state index is 12.3. The molecule has 164 valence electrons. The lowest BCUT2D eigenvalue weighted by molar-refractivity contribution is -0.921. The van der Waals surface area contributed by atoms with Gasteiger partial charge in [-0.1, -0.05) is 18.2 Å². The molecule has 0 aliphatic carbocycles. The second-order valence-electron chi connectivity index (χ2n) is 7.41. The monoisotopic (exact) mass is 425 g/mol. The Morgan fingerprint density at radius 2 is 1.94 bits per heavy atom. The van der Waals surface area contributed by atoms with Crippen molar-refractivity contribution >= 4 is 18.0 Å². The van der Waals surface area contributed by atoms with Crippen LogP contribution >= 0.6 is 0 Å². The van der Waals surface area contributed by atoms with Gasteiger partial charge in [-0.05, 0) is 42.8 Å². The summed E-state index contributed by atoms with van der Waals surface area (Å²) in [6.07, 6.45) is 1.58. The maximum absolute atomic E-state index is 12.3. The lowest BCUT2D eigenvalue weighted by atomic mass is 10.1. The molecule has 1 fully saturated rings. The summed E-state index contributed by atoms with van der Waals surface area (Å²) in [5.41, 5.74) is 4.91. The number of amides is 2. The quantitative estimate of drug-likeness (QED) is 0.421. The summed E-state index contributed by atoms with van der Waals surface area (Å²) in [4.78, 5) is 25.9. The fourth-order valence-corrected chi connectivity index (χ4v) is 3.33. The van der Waals surface area contributed by atoms with Gasteiger partial charge in [-0.2, -0.15) is 5.10 Å². The van der Waals surface area contributed by atoms with E-state index in [-0.39, 0.29) is 5.91 Å². The summed E-state index contributed by atoms with van der Waals surface area (Å²) in [6, 6.07) is 13.8. The predicted octanol–water partition coefficient (Wildman–Crippen LogP) is 0.379. The highest BCUT2D eigenvalue weighted by atomic mass is 16.5. The molecule has 1 aliphatic heterocycles. The van der Waals surface area contributed by atoms with Crippen LogP contribution in [0.5, 0.6) is 5.75 Å². The molecule has 31 heavy (non-hydrogen) atoms. The number of hydrogen-bond donors (Lipinski definition) is 3. The number of rotatable bonds is 8. The molecule has 1 saturated heterocycles. The molecule has 3 N–H and O–H groups in total. The van der Waals surface area contributed by atoms with Crippen LogP contribution in [-0.4, -0.2) is 57.5 Å². The van der Waals surface area contributed by atoms with Gasteiger partial charge in [0.15, 0.2) is 0 Å². The van der Waals surface area contributed by atoms with Gasteiger partial charge in [0.05, 0.1) is 26.5 Å². The number of hydrogen-bond acceptors (Lipinski definition) is 5. The van der Waals surface area contributed by atoms with Gasteiger partial charge in [0.1, 0.15) is 31.4 Å². The number of carbonyl (C=O) groups is 2. The van der Waals surface area contributed by atoms with Crippen molar-refractivity contribution in [1.82, 2.24) is 10.7 Å². The lowest BCUT2D eigenvalue weighted by Gasteiger charge is -2.24. The third-order valence-corrected chi connectivity index (χ3v) is 5.11. The highest BCUT2D eigenvalue weighted by Crippen LogP contribution is 2.18. The zero-order valence-corrected chi connectivity index (χ0v) is 17.9. The van der Waals surface area contributed by atoms with Crippen LogP contribution in [0.2, 0.25) is 0 Å². The Morgan fingerprint density at radius 3 is 2.65 bits per heavy atom. The van der Waals surface area contributed by atoms with E-state index < -0.39 is 11.9 Å². The first-order chi connectivity index (χ1) is 15.1. The number of methoxy groups -OCH3 is 1. The number of quaternary nitrogens is 1. The third kappa shape index (κ3) is 6.63. The molecule has 0 unspecified atom stereocenters. The number of nitrogens with zero attached hydrogens (tertiary/aromatic N) is 1. The van der Waals surface area contributed by atoms with Gasteiger partial charge in [-0.15, -0.1) is 0 Å².